The van der Waals surface area contributed by atoms with Gasteiger partial charge >= 0.3 is 29.6 Å². The molecule has 0 saturated carbocycles. The van der Waals surface area contributed by atoms with Crippen LogP contribution in [-0.2, 0) is 14.9 Å². The average Bonchev–Trinajstić information content (AvgIpc) is 1.78. The van der Waals surface area contributed by atoms with Gasteiger partial charge in [-0.05, 0) is 27.2 Å². The Balaban J connectivity index is 0. The van der Waals surface area contributed by atoms with Crippen LogP contribution in [0.25, 0.3) is 0 Å². The van der Waals surface area contributed by atoms with Crippen LogP contribution in [0.1, 0.15) is 34.1 Å². The van der Waals surface area contributed by atoms with Crippen molar-refractivity contribution >= 4 is 10.1 Å². The minimum Gasteiger partial charge on any atom is -0.746 e. The molecule has 0 radical (unpaired) electrons. The van der Waals surface area contributed by atoms with Crippen molar-refractivity contribution in [3.63, 3.8) is 0 Å². The Morgan fingerprint density at radius 3 is 1.85 bits per heavy atom. The summed E-state index contributed by atoms with van der Waals surface area (Å²) < 4.78 is 36.7. The molecule has 0 bridgehead atoms. The molecular formula is C7H15NaO4S. The van der Waals surface area contributed by atoms with Crippen molar-refractivity contribution in [1.29, 1.82) is 0 Å². The maximum absolute atomic E-state index is 10.6. The fourth-order valence-electron chi connectivity index (χ4n) is 0.741. The summed E-state index contributed by atoms with van der Waals surface area (Å²) in [5.74, 6) is 0. The molecule has 1 unspecified atom stereocenters. The number of rotatable bonds is 3. The predicted molar refractivity (Wildman–Crippen MR) is 44.6 cm³/mol. The zero-order chi connectivity index (χ0) is 9.99. The Bertz CT molecular complexity index is 229. The minimum atomic E-state index is -4.32. The standard InChI is InChI=1S/C7H16O4S.Na/c1-5-6(12(8,9)10)11-7(2,3)4;/h6H,5H2,1-4H3,(H,8,9,10);/q;+1/p-1. The number of ether oxygens (including phenoxy) is 1. The molecule has 0 rings (SSSR count). The largest absolute Gasteiger partial charge is 1.00 e. The molecule has 0 amide bonds. The summed E-state index contributed by atoms with van der Waals surface area (Å²) in [5.41, 5.74) is -1.82. The molecule has 0 aromatic heterocycles. The van der Waals surface area contributed by atoms with Gasteiger partial charge in [0.25, 0.3) is 0 Å². The second kappa shape index (κ2) is 5.68. The molecule has 1 atom stereocenters. The van der Waals surface area contributed by atoms with Crippen LogP contribution in [0.3, 0.4) is 0 Å². The summed E-state index contributed by atoms with van der Waals surface area (Å²) >= 11 is 0. The summed E-state index contributed by atoms with van der Waals surface area (Å²) in [6.45, 7) is 6.73. The first-order chi connectivity index (χ1) is 5.17. The van der Waals surface area contributed by atoms with E-state index in [0.717, 1.165) is 0 Å². The molecule has 0 spiro atoms. The quantitative estimate of drug-likeness (QED) is 0.409. The maximum Gasteiger partial charge on any atom is 1.00 e. The van der Waals surface area contributed by atoms with Gasteiger partial charge < -0.3 is 9.29 Å². The van der Waals surface area contributed by atoms with Crippen LogP contribution in [-0.4, -0.2) is 24.0 Å². The molecule has 0 aromatic rings. The SMILES string of the molecule is CCC(OC(C)(C)C)S(=O)(=O)[O-].[Na+]. The van der Waals surface area contributed by atoms with Gasteiger partial charge in [0, 0.05) is 0 Å². The molecule has 0 fully saturated rings. The Morgan fingerprint density at radius 1 is 1.38 bits per heavy atom. The molecule has 0 aliphatic carbocycles. The van der Waals surface area contributed by atoms with Crippen molar-refractivity contribution in [1.82, 2.24) is 0 Å². The van der Waals surface area contributed by atoms with Gasteiger partial charge in [0.2, 0.25) is 0 Å². The summed E-state index contributed by atoms with van der Waals surface area (Å²) in [6, 6.07) is 0. The Hall–Kier alpha value is 0.870. The fraction of sp³-hybridized carbons (Fsp3) is 1.00. The zero-order valence-corrected chi connectivity index (χ0v) is 11.6. The third-order valence-corrected chi connectivity index (χ3v) is 2.21. The molecule has 13 heavy (non-hydrogen) atoms. The summed E-state index contributed by atoms with van der Waals surface area (Å²) in [6.07, 6.45) is 0.184. The van der Waals surface area contributed by atoms with E-state index in [4.69, 9.17) is 4.74 Å². The molecule has 6 heteroatoms. The predicted octanol–water partition coefficient (Wildman–Crippen LogP) is -1.91. The first kappa shape index (κ1) is 16.3. The normalized spacial score (nSPS) is 14.8. The van der Waals surface area contributed by atoms with Crippen LogP contribution in [0.15, 0.2) is 0 Å². The number of hydrogen-bond donors (Lipinski definition) is 0. The van der Waals surface area contributed by atoms with E-state index in [0.29, 0.717) is 0 Å². The van der Waals surface area contributed by atoms with Crippen molar-refractivity contribution in [3.05, 3.63) is 0 Å². The van der Waals surface area contributed by atoms with E-state index < -0.39 is 21.2 Å². The first-order valence-corrected chi connectivity index (χ1v) is 5.26. The van der Waals surface area contributed by atoms with Crippen molar-refractivity contribution < 1.29 is 47.3 Å². The third kappa shape index (κ3) is 7.90. The molecule has 74 valence electrons. The molecule has 0 saturated heterocycles. The summed E-state index contributed by atoms with van der Waals surface area (Å²) in [5, 5.41) is 0. The number of hydrogen-bond acceptors (Lipinski definition) is 4. The summed E-state index contributed by atoms with van der Waals surface area (Å²) in [7, 11) is -4.32. The van der Waals surface area contributed by atoms with Gasteiger partial charge in [-0.25, -0.2) is 8.42 Å². The van der Waals surface area contributed by atoms with Gasteiger partial charge in [-0.15, -0.1) is 0 Å². The van der Waals surface area contributed by atoms with E-state index in [1.54, 1.807) is 27.7 Å². The topological polar surface area (TPSA) is 66.4 Å². The van der Waals surface area contributed by atoms with Crippen molar-refractivity contribution in [2.75, 3.05) is 0 Å². The van der Waals surface area contributed by atoms with Gasteiger partial charge in [0.15, 0.2) is 0 Å². The maximum atomic E-state index is 10.6. The van der Waals surface area contributed by atoms with E-state index in [1.165, 1.54) is 0 Å². The molecule has 0 aromatic carbocycles. The van der Waals surface area contributed by atoms with Gasteiger partial charge in [0.1, 0.15) is 15.6 Å². The van der Waals surface area contributed by atoms with E-state index in [2.05, 4.69) is 0 Å². The Morgan fingerprint density at radius 2 is 1.77 bits per heavy atom. The van der Waals surface area contributed by atoms with Crippen LogP contribution in [0.2, 0.25) is 0 Å². The fourth-order valence-corrected chi connectivity index (χ4v) is 1.56. The second-order valence-corrected chi connectivity index (χ2v) is 5.07. The van der Waals surface area contributed by atoms with E-state index in [-0.39, 0.29) is 36.0 Å². The van der Waals surface area contributed by atoms with E-state index in [1.807, 2.05) is 0 Å². The second-order valence-electron chi connectivity index (χ2n) is 3.56. The van der Waals surface area contributed by atoms with Gasteiger partial charge in [-0.3, -0.25) is 0 Å². The zero-order valence-electron chi connectivity index (χ0n) is 8.83. The Kier molecular flexibility index (Phi) is 7.12. The third-order valence-electron chi connectivity index (χ3n) is 1.14. The Labute approximate surface area is 102 Å². The van der Waals surface area contributed by atoms with Gasteiger partial charge in [-0.1, -0.05) is 6.92 Å². The van der Waals surface area contributed by atoms with Crippen molar-refractivity contribution in [3.8, 4) is 0 Å². The minimum absolute atomic E-state index is 0. The van der Waals surface area contributed by atoms with Crippen LogP contribution >= 0.6 is 0 Å². The van der Waals surface area contributed by atoms with Gasteiger partial charge in [-0.2, -0.15) is 0 Å². The van der Waals surface area contributed by atoms with Crippen molar-refractivity contribution in [2.45, 2.75) is 45.2 Å². The molecule has 0 heterocycles. The van der Waals surface area contributed by atoms with E-state index >= 15 is 0 Å². The first-order valence-electron chi connectivity index (χ1n) is 3.79. The molecule has 0 aliphatic rings. The van der Waals surface area contributed by atoms with Gasteiger partial charge in [0.05, 0.1) is 5.60 Å². The molecular weight excluding hydrogens is 203 g/mol. The van der Waals surface area contributed by atoms with Crippen LogP contribution in [0.4, 0.5) is 0 Å². The monoisotopic (exact) mass is 218 g/mol. The van der Waals surface area contributed by atoms with Crippen LogP contribution in [0.5, 0.6) is 0 Å². The van der Waals surface area contributed by atoms with Crippen LogP contribution in [0, 0.1) is 0 Å². The van der Waals surface area contributed by atoms with E-state index in [9.17, 15) is 13.0 Å². The molecule has 0 aliphatic heterocycles. The average molecular weight is 218 g/mol. The molecule has 4 nitrogen and oxygen atoms in total. The van der Waals surface area contributed by atoms with Crippen LogP contribution < -0.4 is 29.6 Å². The summed E-state index contributed by atoms with van der Waals surface area (Å²) in [4.78, 5) is 0. The smallest absolute Gasteiger partial charge is 0.746 e. The van der Waals surface area contributed by atoms with Crippen molar-refractivity contribution in [2.24, 2.45) is 0 Å². The molecule has 0 N–H and O–H groups in total.